The van der Waals surface area contributed by atoms with E-state index in [1.54, 1.807) is 11.9 Å². The van der Waals surface area contributed by atoms with Crippen LogP contribution < -0.4 is 10.6 Å². The first-order valence-corrected chi connectivity index (χ1v) is 5.58. The number of anilines is 1. The monoisotopic (exact) mass is 240 g/mol. The molecule has 0 unspecified atom stereocenters. The van der Waals surface area contributed by atoms with Crippen LogP contribution in [0.25, 0.3) is 0 Å². The van der Waals surface area contributed by atoms with Crippen molar-refractivity contribution in [1.29, 1.82) is 0 Å². The number of halogens is 1. The molecule has 0 bridgehead atoms. The summed E-state index contributed by atoms with van der Waals surface area (Å²) in [7, 11) is 1.72. The lowest BCUT2D eigenvalue weighted by atomic mass is 10.1. The van der Waals surface area contributed by atoms with E-state index in [-0.39, 0.29) is 5.91 Å². The average molecular weight is 241 g/mol. The maximum absolute atomic E-state index is 11.7. The third-order valence-corrected chi connectivity index (χ3v) is 2.75. The smallest absolute Gasteiger partial charge is 0.228 e. The molecule has 0 aliphatic carbocycles. The quantitative estimate of drug-likeness (QED) is 0.881. The lowest BCUT2D eigenvalue weighted by molar-refractivity contribution is -0.118. The van der Waals surface area contributed by atoms with Gasteiger partial charge in [-0.2, -0.15) is 0 Å². The first-order valence-electron chi connectivity index (χ1n) is 5.20. The van der Waals surface area contributed by atoms with E-state index < -0.39 is 0 Å². The average Bonchev–Trinajstić information content (AvgIpc) is 2.16. The van der Waals surface area contributed by atoms with Crippen LogP contribution in [0.3, 0.4) is 0 Å². The largest absolute Gasteiger partial charge is 0.330 e. The molecule has 1 amide bonds. The molecular formula is C12H17ClN2O. The van der Waals surface area contributed by atoms with Gasteiger partial charge in [-0.05, 0) is 31.0 Å². The second-order valence-electron chi connectivity index (χ2n) is 3.90. The predicted octanol–water partition coefficient (Wildman–Crippen LogP) is 2.27. The van der Waals surface area contributed by atoms with E-state index in [2.05, 4.69) is 0 Å². The minimum Gasteiger partial charge on any atom is -0.330 e. The molecule has 0 aliphatic heterocycles. The maximum Gasteiger partial charge on any atom is 0.228 e. The summed E-state index contributed by atoms with van der Waals surface area (Å²) in [4.78, 5) is 13.3. The Balaban J connectivity index is 3.08. The highest BCUT2D eigenvalue weighted by Crippen LogP contribution is 2.30. The number of amides is 1. The van der Waals surface area contributed by atoms with Crippen LogP contribution in [0.5, 0.6) is 0 Å². The minimum atomic E-state index is -0.0173. The molecule has 1 aromatic carbocycles. The summed E-state index contributed by atoms with van der Waals surface area (Å²) >= 11 is 6.15. The zero-order valence-electron chi connectivity index (χ0n) is 9.88. The van der Waals surface area contributed by atoms with Gasteiger partial charge in [-0.1, -0.05) is 17.7 Å². The van der Waals surface area contributed by atoms with Crippen molar-refractivity contribution in [2.24, 2.45) is 5.73 Å². The number of hydrogen-bond donors (Lipinski definition) is 1. The van der Waals surface area contributed by atoms with E-state index in [4.69, 9.17) is 17.3 Å². The second-order valence-corrected chi connectivity index (χ2v) is 4.31. The summed E-state index contributed by atoms with van der Waals surface area (Å²) < 4.78 is 0. The molecule has 0 aliphatic rings. The van der Waals surface area contributed by atoms with E-state index >= 15 is 0 Å². The van der Waals surface area contributed by atoms with Gasteiger partial charge in [0.2, 0.25) is 5.91 Å². The Kier molecular flexibility index (Phi) is 4.33. The Labute approximate surface area is 101 Å². The maximum atomic E-state index is 11.7. The van der Waals surface area contributed by atoms with Gasteiger partial charge in [0.25, 0.3) is 0 Å². The first kappa shape index (κ1) is 13.0. The SMILES string of the molecule is Cc1cc(C)c(N(C)C(=O)CCN)c(Cl)c1. The number of nitrogens with zero attached hydrogens (tertiary/aromatic N) is 1. The Bertz CT molecular complexity index is 381. The molecular weight excluding hydrogens is 224 g/mol. The Morgan fingerprint density at radius 2 is 2.06 bits per heavy atom. The molecule has 0 spiro atoms. The van der Waals surface area contributed by atoms with Gasteiger partial charge in [0.1, 0.15) is 0 Å². The van der Waals surface area contributed by atoms with Crippen LogP contribution in [0.2, 0.25) is 5.02 Å². The summed E-state index contributed by atoms with van der Waals surface area (Å²) in [5.74, 6) is -0.0173. The lowest BCUT2D eigenvalue weighted by Gasteiger charge is -2.21. The van der Waals surface area contributed by atoms with E-state index in [1.807, 2.05) is 26.0 Å². The van der Waals surface area contributed by atoms with Gasteiger partial charge in [0.05, 0.1) is 10.7 Å². The molecule has 0 radical (unpaired) electrons. The molecule has 0 heterocycles. The van der Waals surface area contributed by atoms with Crippen LogP contribution >= 0.6 is 11.6 Å². The fourth-order valence-electron chi connectivity index (χ4n) is 1.75. The molecule has 0 atom stereocenters. The van der Waals surface area contributed by atoms with Gasteiger partial charge < -0.3 is 10.6 Å². The number of hydrogen-bond acceptors (Lipinski definition) is 2. The predicted molar refractivity (Wildman–Crippen MR) is 68.0 cm³/mol. The second kappa shape index (κ2) is 5.32. The number of aryl methyl sites for hydroxylation is 2. The summed E-state index contributed by atoms with van der Waals surface area (Å²) in [5.41, 5.74) is 8.22. The molecule has 4 heteroatoms. The van der Waals surface area contributed by atoms with Crippen LogP contribution in [-0.2, 0) is 4.79 Å². The molecule has 16 heavy (non-hydrogen) atoms. The fourth-order valence-corrected chi connectivity index (χ4v) is 2.20. The van der Waals surface area contributed by atoms with Crippen LogP contribution in [0.1, 0.15) is 17.5 Å². The molecule has 0 saturated carbocycles. The van der Waals surface area contributed by atoms with Crippen LogP contribution in [0.15, 0.2) is 12.1 Å². The van der Waals surface area contributed by atoms with Crippen molar-refractivity contribution in [3.05, 3.63) is 28.3 Å². The molecule has 1 rings (SSSR count). The zero-order chi connectivity index (χ0) is 12.3. The van der Waals surface area contributed by atoms with E-state index in [9.17, 15) is 4.79 Å². The van der Waals surface area contributed by atoms with Crippen molar-refractivity contribution in [1.82, 2.24) is 0 Å². The van der Waals surface area contributed by atoms with Gasteiger partial charge in [0.15, 0.2) is 0 Å². The number of benzene rings is 1. The summed E-state index contributed by atoms with van der Waals surface area (Å²) in [5, 5.41) is 0.602. The lowest BCUT2D eigenvalue weighted by Crippen LogP contribution is -2.29. The number of carbonyl (C=O) groups excluding carboxylic acids is 1. The topological polar surface area (TPSA) is 46.3 Å². The van der Waals surface area contributed by atoms with E-state index in [0.29, 0.717) is 18.0 Å². The van der Waals surface area contributed by atoms with E-state index in [1.165, 1.54) is 0 Å². The molecule has 88 valence electrons. The van der Waals surface area contributed by atoms with Crippen molar-refractivity contribution in [3.8, 4) is 0 Å². The highest BCUT2D eigenvalue weighted by Gasteiger charge is 2.15. The highest BCUT2D eigenvalue weighted by atomic mass is 35.5. The molecule has 0 fully saturated rings. The van der Waals surface area contributed by atoms with Crippen molar-refractivity contribution in [3.63, 3.8) is 0 Å². The molecule has 3 nitrogen and oxygen atoms in total. The van der Waals surface area contributed by atoms with E-state index in [0.717, 1.165) is 16.8 Å². The Morgan fingerprint density at radius 3 is 2.56 bits per heavy atom. The third-order valence-electron chi connectivity index (χ3n) is 2.47. The van der Waals surface area contributed by atoms with Crippen molar-refractivity contribution >= 4 is 23.2 Å². The van der Waals surface area contributed by atoms with Crippen LogP contribution in [0, 0.1) is 13.8 Å². The minimum absolute atomic E-state index is 0.0173. The standard InChI is InChI=1S/C12H17ClN2O/c1-8-6-9(2)12(10(13)7-8)15(3)11(16)4-5-14/h6-7H,4-5,14H2,1-3H3. The number of nitrogens with two attached hydrogens (primary N) is 1. The van der Waals surface area contributed by atoms with Gasteiger partial charge in [0, 0.05) is 20.0 Å². The van der Waals surface area contributed by atoms with Gasteiger partial charge in [-0.3, -0.25) is 4.79 Å². The number of rotatable bonds is 3. The van der Waals surface area contributed by atoms with Crippen molar-refractivity contribution in [2.45, 2.75) is 20.3 Å². The van der Waals surface area contributed by atoms with Crippen LogP contribution in [-0.4, -0.2) is 19.5 Å². The highest BCUT2D eigenvalue weighted by molar-refractivity contribution is 6.34. The number of carbonyl (C=O) groups is 1. The Morgan fingerprint density at radius 1 is 1.44 bits per heavy atom. The fraction of sp³-hybridized carbons (Fsp3) is 0.417. The van der Waals surface area contributed by atoms with Crippen LogP contribution in [0.4, 0.5) is 5.69 Å². The molecule has 0 saturated heterocycles. The molecule has 2 N–H and O–H groups in total. The first-order chi connectivity index (χ1) is 7.47. The summed E-state index contributed by atoms with van der Waals surface area (Å²) in [6.45, 7) is 4.27. The van der Waals surface area contributed by atoms with Crippen molar-refractivity contribution < 1.29 is 4.79 Å². The normalized spacial score (nSPS) is 10.3. The zero-order valence-corrected chi connectivity index (χ0v) is 10.6. The molecule has 0 aromatic heterocycles. The van der Waals surface area contributed by atoms with Gasteiger partial charge >= 0.3 is 0 Å². The summed E-state index contributed by atoms with van der Waals surface area (Å²) in [6, 6.07) is 3.86. The third kappa shape index (κ3) is 2.74. The molecule has 1 aromatic rings. The summed E-state index contributed by atoms with van der Waals surface area (Å²) in [6.07, 6.45) is 0.333. The van der Waals surface area contributed by atoms with Gasteiger partial charge in [-0.25, -0.2) is 0 Å². The van der Waals surface area contributed by atoms with Crippen molar-refractivity contribution in [2.75, 3.05) is 18.5 Å². The Hall–Kier alpha value is -1.06. The van der Waals surface area contributed by atoms with Gasteiger partial charge in [-0.15, -0.1) is 0 Å².